The lowest BCUT2D eigenvalue weighted by molar-refractivity contribution is -0.156. The fourth-order valence-electron chi connectivity index (χ4n) is 1.43. The molecule has 20 heavy (non-hydrogen) atoms. The average Bonchev–Trinajstić information content (AvgIpc) is 2.55. The lowest BCUT2D eigenvalue weighted by atomic mass is 10.2. The molecule has 1 atom stereocenters. The number of sulfonamides is 1. The molecular weight excluding hydrogens is 306 g/mol. The molecule has 0 saturated carbocycles. The van der Waals surface area contributed by atoms with Crippen LogP contribution >= 0.6 is 11.6 Å². The van der Waals surface area contributed by atoms with Crippen molar-refractivity contribution in [2.45, 2.75) is 44.4 Å². The summed E-state index contributed by atoms with van der Waals surface area (Å²) in [6.45, 7) is 6.49. The summed E-state index contributed by atoms with van der Waals surface area (Å²) in [5.41, 5.74) is -0.693. The minimum absolute atomic E-state index is 0.0172. The number of ether oxygens (including phenoxy) is 1. The second kappa shape index (κ2) is 5.71. The summed E-state index contributed by atoms with van der Waals surface area (Å²) >= 11 is 5.78. The van der Waals surface area contributed by atoms with E-state index in [-0.39, 0.29) is 10.0 Å². The van der Waals surface area contributed by atoms with Crippen LogP contribution in [0.4, 0.5) is 0 Å². The lowest BCUT2D eigenvalue weighted by Crippen LogP contribution is -2.42. The van der Waals surface area contributed by atoms with Crippen LogP contribution in [0.25, 0.3) is 0 Å². The molecule has 0 bridgehead atoms. The van der Waals surface area contributed by atoms with Gasteiger partial charge in [0.15, 0.2) is 5.03 Å². The maximum absolute atomic E-state index is 12.2. The smallest absolute Gasteiger partial charge is 0.324 e. The number of carbonyl (C=O) groups excluding carboxylic acids is 1. The number of aromatic nitrogens is 2. The van der Waals surface area contributed by atoms with Crippen molar-refractivity contribution < 1.29 is 17.9 Å². The normalized spacial score (nSPS) is 14.1. The van der Waals surface area contributed by atoms with Crippen molar-refractivity contribution in [2.24, 2.45) is 7.05 Å². The van der Waals surface area contributed by atoms with Gasteiger partial charge in [0.2, 0.25) is 0 Å². The largest absolute Gasteiger partial charge is 0.459 e. The molecule has 1 rings (SSSR count). The van der Waals surface area contributed by atoms with Crippen LogP contribution < -0.4 is 4.72 Å². The molecule has 0 saturated heterocycles. The van der Waals surface area contributed by atoms with Crippen LogP contribution in [0, 0.1) is 0 Å². The number of halogens is 1. The first-order valence-electron chi connectivity index (χ1n) is 5.87. The highest BCUT2D eigenvalue weighted by Gasteiger charge is 2.29. The highest BCUT2D eigenvalue weighted by atomic mass is 35.5. The number of carbonyl (C=O) groups is 1. The van der Waals surface area contributed by atoms with E-state index in [1.165, 1.54) is 20.2 Å². The number of aryl methyl sites for hydroxylation is 1. The Kier molecular flexibility index (Phi) is 4.83. The average molecular weight is 324 g/mol. The number of hydrogen-bond donors (Lipinski definition) is 1. The fraction of sp³-hybridized carbons (Fsp3) is 0.636. The van der Waals surface area contributed by atoms with Crippen molar-refractivity contribution in [2.75, 3.05) is 0 Å². The second-order valence-electron chi connectivity index (χ2n) is 5.30. The molecule has 0 fully saturated rings. The predicted molar refractivity (Wildman–Crippen MR) is 73.8 cm³/mol. The zero-order chi connectivity index (χ0) is 15.7. The van der Waals surface area contributed by atoms with Crippen molar-refractivity contribution in [3.05, 3.63) is 11.2 Å². The molecule has 7 nitrogen and oxygen atoms in total. The molecule has 0 amide bonds. The number of rotatable bonds is 4. The van der Waals surface area contributed by atoms with E-state index in [1.54, 1.807) is 20.8 Å². The molecule has 114 valence electrons. The number of nitrogens with one attached hydrogen (secondary N) is 1. The summed E-state index contributed by atoms with van der Waals surface area (Å²) in [6, 6.07) is -1.04. The van der Waals surface area contributed by atoms with Gasteiger partial charge in [-0.2, -0.15) is 9.82 Å². The molecule has 0 spiro atoms. The Morgan fingerprint density at radius 1 is 1.50 bits per heavy atom. The highest BCUT2D eigenvalue weighted by Crippen LogP contribution is 2.20. The molecule has 0 aliphatic heterocycles. The van der Waals surface area contributed by atoms with Gasteiger partial charge in [-0.3, -0.25) is 9.48 Å². The van der Waals surface area contributed by atoms with Crippen LogP contribution in [0.5, 0.6) is 0 Å². The van der Waals surface area contributed by atoms with E-state index in [1.807, 2.05) is 0 Å². The van der Waals surface area contributed by atoms with Crippen LogP contribution in [0.3, 0.4) is 0 Å². The van der Waals surface area contributed by atoms with Crippen molar-refractivity contribution in [1.29, 1.82) is 0 Å². The molecule has 0 aliphatic rings. The van der Waals surface area contributed by atoms with Gasteiger partial charge in [-0.05, 0) is 27.7 Å². The summed E-state index contributed by atoms with van der Waals surface area (Å²) in [4.78, 5) is 11.8. The van der Waals surface area contributed by atoms with E-state index >= 15 is 0 Å². The molecule has 1 heterocycles. The maximum atomic E-state index is 12.2. The minimum atomic E-state index is -3.96. The van der Waals surface area contributed by atoms with E-state index in [9.17, 15) is 13.2 Å². The van der Waals surface area contributed by atoms with Crippen molar-refractivity contribution >= 4 is 27.6 Å². The molecule has 1 aromatic rings. The first kappa shape index (κ1) is 16.9. The third-order valence-corrected chi connectivity index (χ3v) is 4.24. The van der Waals surface area contributed by atoms with E-state index in [0.717, 1.165) is 4.68 Å². The number of hydrogen-bond acceptors (Lipinski definition) is 5. The topological polar surface area (TPSA) is 90.3 Å². The molecule has 0 aliphatic carbocycles. The van der Waals surface area contributed by atoms with Crippen LogP contribution in [0.2, 0.25) is 5.02 Å². The fourth-order valence-corrected chi connectivity index (χ4v) is 3.28. The zero-order valence-electron chi connectivity index (χ0n) is 12.0. The van der Waals surface area contributed by atoms with Gasteiger partial charge in [0.1, 0.15) is 11.6 Å². The lowest BCUT2D eigenvalue weighted by Gasteiger charge is -2.22. The molecular formula is C11H18ClN3O4S. The van der Waals surface area contributed by atoms with Gasteiger partial charge >= 0.3 is 5.97 Å². The van der Waals surface area contributed by atoms with E-state index < -0.39 is 27.6 Å². The Balaban J connectivity index is 2.90. The van der Waals surface area contributed by atoms with Crippen LogP contribution in [-0.2, 0) is 26.6 Å². The summed E-state index contributed by atoms with van der Waals surface area (Å²) in [6.07, 6.45) is 1.22. The predicted octanol–water partition coefficient (Wildman–Crippen LogP) is 1.08. The van der Waals surface area contributed by atoms with Gasteiger partial charge in [-0.15, -0.1) is 0 Å². The van der Waals surface area contributed by atoms with Gasteiger partial charge in [0.25, 0.3) is 10.0 Å². The number of esters is 1. The van der Waals surface area contributed by atoms with Gasteiger partial charge in [0, 0.05) is 7.05 Å². The summed E-state index contributed by atoms with van der Waals surface area (Å²) in [7, 11) is -2.52. The summed E-state index contributed by atoms with van der Waals surface area (Å²) in [5.74, 6) is -0.667. The monoisotopic (exact) mass is 323 g/mol. The van der Waals surface area contributed by atoms with Gasteiger partial charge in [0.05, 0.1) is 11.2 Å². The quantitative estimate of drug-likeness (QED) is 0.837. The molecule has 0 aromatic carbocycles. The molecule has 9 heteroatoms. The molecule has 1 N–H and O–H groups in total. The third-order valence-electron chi connectivity index (χ3n) is 2.19. The zero-order valence-corrected chi connectivity index (χ0v) is 13.5. The Morgan fingerprint density at radius 3 is 2.45 bits per heavy atom. The maximum Gasteiger partial charge on any atom is 0.324 e. The van der Waals surface area contributed by atoms with Crippen molar-refractivity contribution in [3.8, 4) is 0 Å². The summed E-state index contributed by atoms with van der Waals surface area (Å²) < 4.78 is 32.7. The standard InChI is InChI=1S/C11H18ClN3O4S/c1-7(10(16)19-11(2,3)4)14-20(17,18)9-8(12)6-13-15(9)5/h6-7,14H,1-5H3/t7-/m1/s1. The number of nitrogens with zero attached hydrogens (tertiary/aromatic N) is 2. The van der Waals surface area contributed by atoms with E-state index in [4.69, 9.17) is 16.3 Å². The Morgan fingerprint density at radius 2 is 2.05 bits per heavy atom. The highest BCUT2D eigenvalue weighted by molar-refractivity contribution is 7.89. The summed E-state index contributed by atoms with van der Waals surface area (Å²) in [5, 5.41) is 3.53. The van der Waals surface area contributed by atoms with Gasteiger partial charge in [-0.1, -0.05) is 11.6 Å². The third kappa shape index (κ3) is 4.19. The molecule has 1 aromatic heterocycles. The first-order valence-corrected chi connectivity index (χ1v) is 7.73. The SMILES string of the molecule is C[C@@H](NS(=O)(=O)c1c(Cl)cnn1C)C(=O)OC(C)(C)C. The molecule has 0 unspecified atom stereocenters. The van der Waals surface area contributed by atoms with Crippen molar-refractivity contribution in [1.82, 2.24) is 14.5 Å². The van der Waals surface area contributed by atoms with Crippen LogP contribution in [0.15, 0.2) is 11.2 Å². The van der Waals surface area contributed by atoms with Gasteiger partial charge < -0.3 is 4.74 Å². The Labute approximate surface area is 123 Å². The van der Waals surface area contributed by atoms with Crippen LogP contribution in [-0.4, -0.2) is 35.8 Å². The Bertz CT molecular complexity index is 584. The second-order valence-corrected chi connectivity index (χ2v) is 7.33. The first-order chi connectivity index (χ1) is 8.94. The van der Waals surface area contributed by atoms with Gasteiger partial charge in [-0.25, -0.2) is 8.42 Å². The van der Waals surface area contributed by atoms with E-state index in [2.05, 4.69) is 9.82 Å². The van der Waals surface area contributed by atoms with Crippen LogP contribution in [0.1, 0.15) is 27.7 Å². The Hall–Kier alpha value is -1.12. The molecule has 0 radical (unpaired) electrons. The van der Waals surface area contributed by atoms with Crippen molar-refractivity contribution in [3.63, 3.8) is 0 Å². The van der Waals surface area contributed by atoms with E-state index in [0.29, 0.717) is 0 Å². The minimum Gasteiger partial charge on any atom is -0.459 e.